The number of allylic oxidation sites excluding steroid dienone is 1. The molecule has 8 nitrogen and oxygen atoms in total. The molecule has 0 saturated carbocycles. The van der Waals surface area contributed by atoms with Crippen molar-refractivity contribution in [3.8, 4) is 17.1 Å². The Morgan fingerprint density at radius 3 is 2.68 bits per heavy atom. The summed E-state index contributed by atoms with van der Waals surface area (Å²) in [5.41, 5.74) is 6.42. The molecule has 1 aromatic heterocycles. The van der Waals surface area contributed by atoms with Crippen molar-refractivity contribution < 1.29 is 27.6 Å². The van der Waals surface area contributed by atoms with Crippen LogP contribution in [0.4, 0.5) is 13.2 Å². The van der Waals surface area contributed by atoms with Crippen molar-refractivity contribution in [1.29, 1.82) is 0 Å². The van der Waals surface area contributed by atoms with Crippen LogP contribution < -0.4 is 10.5 Å². The molecule has 1 aromatic carbocycles. The summed E-state index contributed by atoms with van der Waals surface area (Å²) >= 11 is 0. The normalized spacial score (nSPS) is 20.2. The molecule has 2 heterocycles. The molecule has 2 atom stereocenters. The van der Waals surface area contributed by atoms with E-state index in [0.717, 1.165) is 57.4 Å². The first-order valence-corrected chi connectivity index (χ1v) is 12.9. The summed E-state index contributed by atoms with van der Waals surface area (Å²) < 4.78 is 52.6. The number of halogens is 3. The number of ether oxygens (including phenoxy) is 1. The van der Waals surface area contributed by atoms with Crippen LogP contribution >= 0.6 is 0 Å². The monoisotopic (exact) mass is 521 g/mol. The second-order valence-corrected chi connectivity index (χ2v) is 9.59. The first kappa shape index (κ1) is 26.8. The van der Waals surface area contributed by atoms with E-state index in [2.05, 4.69) is 28.3 Å². The Hall–Kier alpha value is -3.24. The number of rotatable bonds is 11. The Morgan fingerprint density at radius 2 is 2.00 bits per heavy atom. The van der Waals surface area contributed by atoms with Gasteiger partial charge in [0.25, 0.3) is 0 Å². The number of hydrogen-bond acceptors (Lipinski definition) is 6. The van der Waals surface area contributed by atoms with E-state index in [0.29, 0.717) is 13.0 Å². The van der Waals surface area contributed by atoms with Gasteiger partial charge in [0.05, 0.1) is 12.2 Å². The van der Waals surface area contributed by atoms with E-state index in [4.69, 9.17) is 15.0 Å². The van der Waals surface area contributed by atoms with E-state index in [1.54, 1.807) is 4.90 Å². The molecule has 0 bridgehead atoms. The topological polar surface area (TPSA) is 110 Å². The van der Waals surface area contributed by atoms with Gasteiger partial charge >= 0.3 is 6.18 Å². The summed E-state index contributed by atoms with van der Waals surface area (Å²) in [4.78, 5) is 6.12. The average molecular weight is 522 g/mol. The maximum absolute atomic E-state index is 13.9. The lowest BCUT2D eigenvalue weighted by Crippen LogP contribution is -2.38. The van der Waals surface area contributed by atoms with Crippen molar-refractivity contribution in [2.45, 2.75) is 76.9 Å². The van der Waals surface area contributed by atoms with Gasteiger partial charge in [-0.3, -0.25) is 0 Å². The number of likely N-dealkylation sites (tertiary alicyclic amines) is 1. The fourth-order valence-electron chi connectivity index (χ4n) is 5.00. The Morgan fingerprint density at radius 1 is 1.24 bits per heavy atom. The number of nitrogens with zero attached hydrogens (tertiary/aromatic N) is 4. The third kappa shape index (κ3) is 6.19. The molecule has 4 rings (SSSR count). The van der Waals surface area contributed by atoms with Crippen LogP contribution in [0.1, 0.15) is 82.2 Å². The number of benzene rings is 1. The summed E-state index contributed by atoms with van der Waals surface area (Å²) in [6.07, 6.45) is 6.34. The van der Waals surface area contributed by atoms with Crippen LogP contribution in [0.25, 0.3) is 11.4 Å². The first-order chi connectivity index (χ1) is 17.8. The van der Waals surface area contributed by atoms with E-state index in [9.17, 15) is 18.4 Å². The summed E-state index contributed by atoms with van der Waals surface area (Å²) in [7, 11) is 0. The van der Waals surface area contributed by atoms with Gasteiger partial charge in [0.15, 0.2) is 0 Å². The van der Waals surface area contributed by atoms with Crippen LogP contribution in [0.2, 0.25) is 0 Å². The summed E-state index contributed by atoms with van der Waals surface area (Å²) in [6, 6.07) is 3.35. The Labute approximate surface area is 214 Å². The van der Waals surface area contributed by atoms with Crippen LogP contribution in [-0.2, 0) is 6.18 Å². The third-order valence-corrected chi connectivity index (χ3v) is 7.10. The first-order valence-electron chi connectivity index (χ1n) is 12.9. The van der Waals surface area contributed by atoms with Crippen molar-refractivity contribution in [2.75, 3.05) is 13.2 Å². The summed E-state index contributed by atoms with van der Waals surface area (Å²) in [5.74, 6) is 0.0215. The van der Waals surface area contributed by atoms with Crippen molar-refractivity contribution in [3.63, 3.8) is 0 Å². The van der Waals surface area contributed by atoms with Gasteiger partial charge in [-0.1, -0.05) is 61.0 Å². The highest BCUT2D eigenvalue weighted by atomic mass is 19.4. The van der Waals surface area contributed by atoms with Gasteiger partial charge in [-0.15, -0.1) is 0 Å². The minimum absolute atomic E-state index is 0.0377. The quantitative estimate of drug-likeness (QED) is 0.0894. The summed E-state index contributed by atoms with van der Waals surface area (Å²) in [5, 5.41) is 16.3. The van der Waals surface area contributed by atoms with Crippen molar-refractivity contribution in [2.24, 2.45) is 16.8 Å². The van der Waals surface area contributed by atoms with Crippen LogP contribution in [-0.4, -0.2) is 39.4 Å². The second kappa shape index (κ2) is 11.9. The van der Waals surface area contributed by atoms with E-state index < -0.39 is 17.8 Å². The highest BCUT2D eigenvalue weighted by Gasteiger charge is 2.43. The minimum Gasteiger partial charge on any atom is -0.493 e. The van der Waals surface area contributed by atoms with Gasteiger partial charge in [0.2, 0.25) is 17.7 Å². The van der Waals surface area contributed by atoms with E-state index in [-0.39, 0.29) is 41.5 Å². The predicted octanol–water partition coefficient (Wildman–Crippen LogP) is 6.28. The zero-order chi connectivity index (χ0) is 26.4. The third-order valence-electron chi connectivity index (χ3n) is 7.10. The highest BCUT2D eigenvalue weighted by Crippen LogP contribution is 2.45. The fourth-order valence-corrected chi connectivity index (χ4v) is 5.00. The molecule has 1 unspecified atom stereocenters. The van der Waals surface area contributed by atoms with Crippen molar-refractivity contribution in [3.05, 3.63) is 41.3 Å². The lowest BCUT2D eigenvalue weighted by atomic mass is 9.82. The predicted molar refractivity (Wildman–Crippen MR) is 132 cm³/mol. The van der Waals surface area contributed by atoms with E-state index >= 15 is 0 Å². The molecule has 1 aliphatic carbocycles. The van der Waals surface area contributed by atoms with E-state index in [1.807, 2.05) is 0 Å². The molecular formula is C26H34F3N5O3. The molecule has 0 amide bonds. The molecule has 3 N–H and O–H groups in total. The van der Waals surface area contributed by atoms with Crippen molar-refractivity contribution in [1.82, 2.24) is 15.0 Å². The van der Waals surface area contributed by atoms with Gasteiger partial charge in [0.1, 0.15) is 11.8 Å². The van der Waals surface area contributed by atoms with Gasteiger partial charge in [-0.2, -0.15) is 18.2 Å². The molecule has 0 radical (unpaired) electrons. The van der Waals surface area contributed by atoms with Gasteiger partial charge in [-0.25, -0.2) is 0 Å². The minimum atomic E-state index is -4.60. The fraction of sp³-hybridized carbons (Fsp3) is 0.577. The molecule has 1 aliphatic heterocycles. The van der Waals surface area contributed by atoms with Gasteiger partial charge < -0.3 is 25.1 Å². The highest BCUT2D eigenvalue weighted by molar-refractivity contribution is 5.78. The van der Waals surface area contributed by atoms with Crippen molar-refractivity contribution >= 4 is 5.96 Å². The van der Waals surface area contributed by atoms with E-state index in [1.165, 1.54) is 17.7 Å². The average Bonchev–Trinajstić information content (AvgIpc) is 3.49. The molecule has 11 heteroatoms. The Balaban J connectivity index is 1.52. The molecule has 202 valence electrons. The molecule has 1 fully saturated rings. The molecule has 37 heavy (non-hydrogen) atoms. The molecule has 2 aliphatic rings. The standard InChI is InChI=1S/C26H34F3N5O3/c1-2-3-4-5-6-7-15-36-21-12-11-18(16-20(21)26(27,28)29)23-31-24(37-33-23)22-19(17-9-8-10-17)13-14-34(22)25(30)32-35/h9,11-12,16,19,22,35H,2-8,10,13-15H2,1H3,(H2,30,32)/t19?,22-/m0/s1. The summed E-state index contributed by atoms with van der Waals surface area (Å²) in [6.45, 7) is 2.89. The number of oxime groups is 1. The SMILES string of the molecule is CCCCCCCCOc1ccc(-c2noc([C@@H]3C(C4=CCC4)CCN3/C(N)=N/O)n2)cc1C(F)(F)F. The van der Waals surface area contributed by atoms with Crippen LogP contribution in [0.3, 0.4) is 0 Å². The number of guanidine groups is 1. The lowest BCUT2D eigenvalue weighted by molar-refractivity contribution is -0.138. The zero-order valence-electron chi connectivity index (χ0n) is 21.0. The van der Waals surface area contributed by atoms with Gasteiger partial charge in [0, 0.05) is 18.0 Å². The second-order valence-electron chi connectivity index (χ2n) is 9.59. The maximum Gasteiger partial charge on any atom is 0.419 e. The molecular weight excluding hydrogens is 487 g/mol. The number of nitrogens with two attached hydrogens (primary N) is 1. The number of alkyl halides is 3. The van der Waals surface area contributed by atoms with Crippen LogP contribution in [0.15, 0.2) is 39.5 Å². The smallest absolute Gasteiger partial charge is 0.419 e. The molecule has 1 saturated heterocycles. The van der Waals surface area contributed by atoms with Crippen LogP contribution in [0.5, 0.6) is 5.75 Å². The molecule has 2 aromatic rings. The van der Waals surface area contributed by atoms with Crippen LogP contribution in [0, 0.1) is 5.92 Å². The van der Waals surface area contributed by atoms with Gasteiger partial charge in [-0.05, 0) is 43.9 Å². The number of aromatic nitrogens is 2. The Bertz CT molecular complexity index is 1100. The number of hydrogen-bond donors (Lipinski definition) is 2. The number of unbranched alkanes of at least 4 members (excludes halogenated alkanes) is 5. The lowest BCUT2D eigenvalue weighted by Gasteiger charge is -2.29. The zero-order valence-corrected chi connectivity index (χ0v) is 21.0. The maximum atomic E-state index is 13.9. The largest absolute Gasteiger partial charge is 0.493 e. The Kier molecular flexibility index (Phi) is 8.60. The molecule has 0 spiro atoms.